The second-order valence-corrected chi connectivity index (χ2v) is 3.58. The molecule has 5 N–H and O–H groups in total. The number of guanidine groups is 1. The fraction of sp³-hybridized carbons (Fsp3) is 0.100. The van der Waals surface area contributed by atoms with Crippen molar-refractivity contribution in [3.8, 4) is 11.4 Å². The van der Waals surface area contributed by atoms with Crippen molar-refractivity contribution in [3.63, 3.8) is 0 Å². The van der Waals surface area contributed by atoms with Gasteiger partial charge in [0, 0.05) is 5.56 Å². The Bertz CT molecular complexity index is 587. The number of aromatic nitrogens is 4. The molecule has 1 aromatic heterocycles. The number of hydrogen-bond donors (Lipinski definition) is 3. The van der Waals surface area contributed by atoms with Gasteiger partial charge in [-0.05, 0) is 5.21 Å². The van der Waals surface area contributed by atoms with Gasteiger partial charge in [-0.25, -0.2) is 5.43 Å². The third kappa shape index (κ3) is 3.49. The van der Waals surface area contributed by atoms with Gasteiger partial charge in [-0.1, -0.05) is 30.3 Å². The molecule has 0 bridgehead atoms. The number of hydrogen-bond acceptors (Lipinski definition) is 5. The number of hydrazone groups is 1. The van der Waals surface area contributed by atoms with Gasteiger partial charge in [0.2, 0.25) is 11.8 Å². The average molecular weight is 260 g/mol. The summed E-state index contributed by atoms with van der Waals surface area (Å²) < 4.78 is 0. The summed E-state index contributed by atoms with van der Waals surface area (Å²) >= 11 is 0. The Balaban J connectivity index is 2.02. The first-order valence-electron chi connectivity index (χ1n) is 5.36. The molecular weight excluding hydrogens is 248 g/mol. The van der Waals surface area contributed by atoms with Crippen LogP contribution in [-0.2, 0) is 11.3 Å². The highest BCUT2D eigenvalue weighted by atomic mass is 16.2. The minimum absolute atomic E-state index is 0.128. The molecule has 98 valence electrons. The van der Waals surface area contributed by atoms with Gasteiger partial charge in [-0.2, -0.15) is 4.80 Å². The third-order valence-corrected chi connectivity index (χ3v) is 2.08. The first-order chi connectivity index (χ1) is 9.15. The first-order valence-corrected chi connectivity index (χ1v) is 5.36. The molecule has 0 aliphatic heterocycles. The Morgan fingerprint density at radius 3 is 2.74 bits per heavy atom. The molecule has 9 heteroatoms. The molecule has 0 unspecified atom stereocenters. The number of nitrogens with zero attached hydrogens (tertiary/aromatic N) is 5. The monoisotopic (exact) mass is 260 g/mol. The van der Waals surface area contributed by atoms with E-state index in [4.69, 9.17) is 11.5 Å². The highest BCUT2D eigenvalue weighted by Crippen LogP contribution is 2.11. The Morgan fingerprint density at radius 2 is 2.05 bits per heavy atom. The number of nitrogens with two attached hydrogens (primary N) is 2. The standard InChI is InChI=1S/C10H12N8O/c11-10(12)15-13-8(19)6-18-16-9(14-17-18)7-4-2-1-3-5-7/h1-5H,6H2,(H,13,19)(H4,11,12,15). The fourth-order valence-electron chi connectivity index (χ4n) is 1.30. The van der Waals surface area contributed by atoms with Gasteiger partial charge in [0.15, 0.2) is 0 Å². The zero-order chi connectivity index (χ0) is 13.7. The van der Waals surface area contributed by atoms with E-state index < -0.39 is 5.91 Å². The second-order valence-electron chi connectivity index (χ2n) is 3.58. The number of tetrazole rings is 1. The van der Waals surface area contributed by atoms with E-state index in [0.29, 0.717) is 5.82 Å². The van der Waals surface area contributed by atoms with E-state index in [2.05, 4.69) is 25.9 Å². The van der Waals surface area contributed by atoms with Crippen LogP contribution in [0.4, 0.5) is 0 Å². The topological polar surface area (TPSA) is 137 Å². The molecule has 1 aromatic carbocycles. The Morgan fingerprint density at radius 1 is 1.32 bits per heavy atom. The Hall–Kier alpha value is -2.97. The van der Waals surface area contributed by atoms with Crippen LogP contribution in [-0.4, -0.2) is 32.1 Å². The molecule has 0 aliphatic carbocycles. The number of benzene rings is 1. The maximum atomic E-state index is 11.4. The van der Waals surface area contributed by atoms with Crippen LogP contribution in [0.1, 0.15) is 0 Å². The zero-order valence-corrected chi connectivity index (χ0v) is 9.89. The minimum atomic E-state index is -0.453. The minimum Gasteiger partial charge on any atom is -0.369 e. The molecule has 19 heavy (non-hydrogen) atoms. The van der Waals surface area contributed by atoms with E-state index in [1.165, 1.54) is 0 Å². The van der Waals surface area contributed by atoms with Crippen LogP contribution >= 0.6 is 0 Å². The van der Waals surface area contributed by atoms with E-state index in [9.17, 15) is 4.79 Å². The maximum Gasteiger partial charge on any atom is 0.263 e. The molecular formula is C10H12N8O. The van der Waals surface area contributed by atoms with Crippen molar-refractivity contribution in [1.29, 1.82) is 0 Å². The van der Waals surface area contributed by atoms with Gasteiger partial charge in [-0.3, -0.25) is 4.79 Å². The normalized spacial score (nSPS) is 9.89. The highest BCUT2D eigenvalue weighted by Gasteiger charge is 2.08. The second kappa shape index (κ2) is 5.58. The Labute approximate surface area is 108 Å². The fourth-order valence-corrected chi connectivity index (χ4v) is 1.30. The SMILES string of the molecule is NC(N)=NNC(=O)Cn1nnc(-c2ccccc2)n1. The molecule has 0 fully saturated rings. The lowest BCUT2D eigenvalue weighted by Crippen LogP contribution is -2.31. The van der Waals surface area contributed by atoms with E-state index in [-0.39, 0.29) is 12.5 Å². The van der Waals surface area contributed by atoms with Crippen LogP contribution < -0.4 is 16.9 Å². The molecule has 0 saturated heterocycles. The zero-order valence-electron chi connectivity index (χ0n) is 9.89. The van der Waals surface area contributed by atoms with Crippen molar-refractivity contribution in [2.45, 2.75) is 6.54 Å². The smallest absolute Gasteiger partial charge is 0.263 e. The van der Waals surface area contributed by atoms with Gasteiger partial charge < -0.3 is 11.5 Å². The van der Waals surface area contributed by atoms with Gasteiger partial charge in [0.25, 0.3) is 5.91 Å². The maximum absolute atomic E-state index is 11.4. The van der Waals surface area contributed by atoms with Crippen LogP contribution in [0, 0.1) is 0 Å². The van der Waals surface area contributed by atoms with Crippen LogP contribution in [0.15, 0.2) is 35.4 Å². The van der Waals surface area contributed by atoms with E-state index >= 15 is 0 Å². The molecule has 1 amide bonds. The summed E-state index contributed by atoms with van der Waals surface area (Å²) in [5.41, 5.74) is 13.1. The van der Waals surface area contributed by atoms with Crippen molar-refractivity contribution in [2.75, 3.05) is 0 Å². The number of carbonyl (C=O) groups is 1. The molecule has 0 radical (unpaired) electrons. The van der Waals surface area contributed by atoms with Gasteiger partial charge in [-0.15, -0.1) is 15.3 Å². The number of amides is 1. The predicted octanol–water partition coefficient (Wildman–Crippen LogP) is -1.36. The summed E-state index contributed by atoms with van der Waals surface area (Å²) in [5.74, 6) is -0.245. The quantitative estimate of drug-likeness (QED) is 0.353. The van der Waals surface area contributed by atoms with E-state index in [0.717, 1.165) is 10.4 Å². The lowest BCUT2D eigenvalue weighted by Gasteiger charge is -1.98. The molecule has 0 aliphatic rings. The lowest BCUT2D eigenvalue weighted by atomic mass is 10.2. The van der Waals surface area contributed by atoms with Crippen LogP contribution in [0.2, 0.25) is 0 Å². The molecule has 2 aromatic rings. The Kier molecular flexibility index (Phi) is 3.67. The van der Waals surface area contributed by atoms with Crippen molar-refractivity contribution in [1.82, 2.24) is 25.6 Å². The number of carbonyl (C=O) groups excluding carboxylic acids is 1. The summed E-state index contributed by atoms with van der Waals surface area (Å²) in [6.07, 6.45) is 0. The van der Waals surface area contributed by atoms with Gasteiger partial charge >= 0.3 is 0 Å². The lowest BCUT2D eigenvalue weighted by molar-refractivity contribution is -0.122. The number of rotatable bonds is 4. The van der Waals surface area contributed by atoms with Gasteiger partial charge in [0.05, 0.1) is 0 Å². The molecule has 2 rings (SSSR count). The summed E-state index contributed by atoms with van der Waals surface area (Å²) in [6, 6.07) is 9.31. The van der Waals surface area contributed by atoms with Crippen molar-refractivity contribution in [3.05, 3.63) is 30.3 Å². The molecule has 9 nitrogen and oxygen atoms in total. The van der Waals surface area contributed by atoms with Crippen molar-refractivity contribution in [2.24, 2.45) is 16.6 Å². The van der Waals surface area contributed by atoms with E-state index in [1.807, 2.05) is 30.3 Å². The summed E-state index contributed by atoms with van der Waals surface area (Å²) in [6.45, 7) is -0.128. The van der Waals surface area contributed by atoms with Gasteiger partial charge in [0.1, 0.15) is 6.54 Å². The summed E-state index contributed by atoms with van der Waals surface area (Å²) in [5, 5.41) is 15.1. The van der Waals surface area contributed by atoms with Crippen molar-refractivity contribution >= 4 is 11.9 Å². The molecule has 0 saturated carbocycles. The molecule has 0 atom stereocenters. The first kappa shape index (κ1) is 12.5. The number of nitrogens with one attached hydrogen (secondary N) is 1. The summed E-state index contributed by atoms with van der Waals surface area (Å²) in [4.78, 5) is 12.6. The third-order valence-electron chi connectivity index (χ3n) is 2.08. The summed E-state index contributed by atoms with van der Waals surface area (Å²) in [7, 11) is 0. The molecule has 1 heterocycles. The predicted molar refractivity (Wildman–Crippen MR) is 67.2 cm³/mol. The highest BCUT2D eigenvalue weighted by molar-refractivity contribution is 5.80. The van der Waals surface area contributed by atoms with Crippen LogP contribution in [0.3, 0.4) is 0 Å². The largest absolute Gasteiger partial charge is 0.369 e. The van der Waals surface area contributed by atoms with Crippen molar-refractivity contribution < 1.29 is 4.79 Å². The van der Waals surface area contributed by atoms with E-state index in [1.54, 1.807) is 0 Å². The van der Waals surface area contributed by atoms with Crippen LogP contribution in [0.25, 0.3) is 11.4 Å². The average Bonchev–Trinajstić information content (AvgIpc) is 2.86. The molecule has 0 spiro atoms. The van der Waals surface area contributed by atoms with Crippen LogP contribution in [0.5, 0.6) is 0 Å².